The number of carbonyl (C=O) groups is 1. The number of hydrogen-bond donors (Lipinski definition) is 0. The van der Waals surface area contributed by atoms with Gasteiger partial charge in [-0.15, -0.1) is 11.3 Å². The average molecular weight is 345 g/mol. The number of rotatable bonds is 6. The average Bonchev–Trinajstić information content (AvgIpc) is 2.97. The molecule has 0 radical (unpaired) electrons. The number of hydrogen-bond acceptors (Lipinski definition) is 4. The second kappa shape index (κ2) is 6.97. The minimum atomic E-state index is 0.222. The van der Waals surface area contributed by atoms with Gasteiger partial charge in [-0.25, -0.2) is 0 Å². The van der Waals surface area contributed by atoms with Crippen molar-refractivity contribution < 1.29 is 4.79 Å². The first kappa shape index (κ1) is 15.2. The highest BCUT2D eigenvalue weighted by molar-refractivity contribution is 9.11. The molecule has 1 fully saturated rings. The van der Waals surface area contributed by atoms with Gasteiger partial charge in [0.25, 0.3) is 0 Å². The molecule has 0 bridgehead atoms. The fourth-order valence-electron chi connectivity index (χ4n) is 2.73. The van der Waals surface area contributed by atoms with Gasteiger partial charge in [0.1, 0.15) is 0 Å². The summed E-state index contributed by atoms with van der Waals surface area (Å²) in [6, 6.07) is 4.46. The number of likely N-dealkylation sites (tertiary alicyclic amines) is 1. The first-order valence-corrected chi connectivity index (χ1v) is 8.42. The van der Waals surface area contributed by atoms with Gasteiger partial charge in [0.05, 0.1) is 15.2 Å². The van der Waals surface area contributed by atoms with E-state index in [9.17, 15) is 4.79 Å². The lowest BCUT2D eigenvalue weighted by atomic mass is 10.2. The summed E-state index contributed by atoms with van der Waals surface area (Å²) in [5.41, 5.74) is 0. The Kier molecular flexibility index (Phi) is 5.57. The molecule has 0 aliphatic carbocycles. The smallest absolute Gasteiger partial charge is 0.186 e. The number of carbonyl (C=O) groups excluding carboxylic acids is 1. The Morgan fingerprint density at radius 2 is 2.37 bits per heavy atom. The van der Waals surface area contributed by atoms with Gasteiger partial charge in [0.15, 0.2) is 5.78 Å². The molecular weight excluding hydrogens is 324 g/mol. The number of ketones is 1. The van der Waals surface area contributed by atoms with Crippen LogP contribution in [0.5, 0.6) is 0 Å². The highest BCUT2D eigenvalue weighted by Crippen LogP contribution is 2.23. The van der Waals surface area contributed by atoms with E-state index >= 15 is 0 Å². The van der Waals surface area contributed by atoms with E-state index in [1.165, 1.54) is 30.7 Å². The third kappa shape index (κ3) is 4.12. The third-order valence-electron chi connectivity index (χ3n) is 3.69. The van der Waals surface area contributed by atoms with Gasteiger partial charge < -0.3 is 0 Å². The van der Waals surface area contributed by atoms with Crippen LogP contribution in [0.3, 0.4) is 0 Å². The van der Waals surface area contributed by atoms with Gasteiger partial charge in [-0.1, -0.05) is 6.92 Å². The summed E-state index contributed by atoms with van der Waals surface area (Å²) >= 11 is 4.92. The van der Waals surface area contributed by atoms with Crippen LogP contribution in [-0.4, -0.2) is 54.9 Å². The molecule has 19 heavy (non-hydrogen) atoms. The molecule has 1 atom stereocenters. The lowest BCUT2D eigenvalue weighted by molar-refractivity contribution is 0.0933. The van der Waals surface area contributed by atoms with Crippen LogP contribution in [0.25, 0.3) is 0 Å². The number of nitrogens with zero attached hydrogens (tertiary/aromatic N) is 2. The molecule has 0 aromatic carbocycles. The highest BCUT2D eigenvalue weighted by Gasteiger charge is 2.24. The van der Waals surface area contributed by atoms with E-state index in [0.29, 0.717) is 12.6 Å². The SMILES string of the molecule is CCN1CCCC1CN(C)CC(=O)c1ccc(Br)s1. The number of Topliss-reactive ketones (excluding diaryl/α,β-unsaturated/α-hetero) is 1. The zero-order valence-electron chi connectivity index (χ0n) is 11.6. The maximum absolute atomic E-state index is 12.1. The van der Waals surface area contributed by atoms with Crippen molar-refractivity contribution in [1.29, 1.82) is 0 Å². The summed E-state index contributed by atoms with van der Waals surface area (Å²) in [5, 5.41) is 0. The molecule has 2 heterocycles. The van der Waals surface area contributed by atoms with Gasteiger partial charge in [0.2, 0.25) is 0 Å². The van der Waals surface area contributed by atoms with Crippen LogP contribution in [0.4, 0.5) is 0 Å². The predicted molar refractivity (Wildman–Crippen MR) is 84.1 cm³/mol. The van der Waals surface area contributed by atoms with Crippen molar-refractivity contribution in [1.82, 2.24) is 9.80 Å². The van der Waals surface area contributed by atoms with E-state index in [-0.39, 0.29) is 5.78 Å². The zero-order chi connectivity index (χ0) is 13.8. The molecule has 1 aliphatic rings. The summed E-state index contributed by atoms with van der Waals surface area (Å²) in [5.74, 6) is 0.222. The van der Waals surface area contributed by atoms with Crippen LogP contribution in [0.1, 0.15) is 29.4 Å². The van der Waals surface area contributed by atoms with Crippen LogP contribution in [0, 0.1) is 0 Å². The summed E-state index contributed by atoms with van der Waals surface area (Å²) in [6.45, 7) is 6.05. The normalized spacial score (nSPS) is 20.3. The Morgan fingerprint density at radius 1 is 1.58 bits per heavy atom. The highest BCUT2D eigenvalue weighted by atomic mass is 79.9. The molecule has 0 saturated carbocycles. The summed E-state index contributed by atoms with van der Waals surface area (Å²) in [7, 11) is 2.05. The van der Waals surface area contributed by atoms with Gasteiger partial charge in [-0.2, -0.15) is 0 Å². The molecule has 1 saturated heterocycles. The molecular formula is C14H21BrN2OS. The molecule has 2 rings (SSSR count). The van der Waals surface area contributed by atoms with Crippen LogP contribution < -0.4 is 0 Å². The van der Waals surface area contributed by atoms with Crippen LogP contribution >= 0.6 is 27.3 Å². The lowest BCUT2D eigenvalue weighted by Crippen LogP contribution is -2.40. The van der Waals surface area contributed by atoms with Crippen molar-refractivity contribution in [2.45, 2.75) is 25.8 Å². The molecule has 1 aliphatic heterocycles. The van der Waals surface area contributed by atoms with Crippen molar-refractivity contribution >= 4 is 33.0 Å². The van der Waals surface area contributed by atoms with Crippen molar-refractivity contribution in [3.8, 4) is 0 Å². The summed E-state index contributed by atoms with van der Waals surface area (Å²) in [4.78, 5) is 17.7. The molecule has 0 N–H and O–H groups in total. The van der Waals surface area contributed by atoms with E-state index in [0.717, 1.165) is 21.8 Å². The van der Waals surface area contributed by atoms with Gasteiger partial charge in [-0.3, -0.25) is 14.6 Å². The zero-order valence-corrected chi connectivity index (χ0v) is 14.0. The predicted octanol–water partition coefficient (Wildman–Crippen LogP) is 3.11. The third-order valence-corrected chi connectivity index (χ3v) is 5.35. The van der Waals surface area contributed by atoms with Gasteiger partial charge in [0, 0.05) is 12.6 Å². The van der Waals surface area contributed by atoms with Gasteiger partial charge in [-0.05, 0) is 61.0 Å². The second-order valence-electron chi connectivity index (χ2n) is 5.15. The second-order valence-corrected chi connectivity index (χ2v) is 7.61. The number of halogens is 1. The monoisotopic (exact) mass is 344 g/mol. The Hall–Kier alpha value is -0.230. The van der Waals surface area contributed by atoms with Crippen molar-refractivity contribution in [2.24, 2.45) is 0 Å². The molecule has 0 amide bonds. The molecule has 1 unspecified atom stereocenters. The fraction of sp³-hybridized carbons (Fsp3) is 0.643. The quantitative estimate of drug-likeness (QED) is 0.740. The van der Waals surface area contributed by atoms with Crippen molar-refractivity contribution in [3.63, 3.8) is 0 Å². The number of likely N-dealkylation sites (N-methyl/N-ethyl adjacent to an activating group) is 2. The minimum Gasteiger partial charge on any atom is -0.299 e. The Balaban J connectivity index is 1.84. The molecule has 1 aromatic rings. The largest absolute Gasteiger partial charge is 0.299 e. The molecule has 3 nitrogen and oxygen atoms in total. The van der Waals surface area contributed by atoms with Gasteiger partial charge >= 0.3 is 0 Å². The lowest BCUT2D eigenvalue weighted by Gasteiger charge is -2.27. The summed E-state index contributed by atoms with van der Waals surface area (Å²) in [6.07, 6.45) is 2.55. The van der Waals surface area contributed by atoms with E-state index in [1.54, 1.807) is 0 Å². The van der Waals surface area contributed by atoms with Crippen molar-refractivity contribution in [3.05, 3.63) is 20.8 Å². The Bertz CT molecular complexity index is 435. The number of thiophene rings is 1. The first-order chi connectivity index (χ1) is 9.10. The van der Waals surface area contributed by atoms with E-state index < -0.39 is 0 Å². The molecule has 1 aromatic heterocycles. The minimum absolute atomic E-state index is 0.222. The standard InChI is InChI=1S/C14H21BrN2OS/c1-3-17-8-4-5-11(17)9-16(2)10-12(18)13-6-7-14(15)19-13/h6-7,11H,3-5,8-10H2,1-2H3. The Morgan fingerprint density at radius 3 is 3.00 bits per heavy atom. The van der Waals surface area contributed by atoms with Crippen LogP contribution in [0.2, 0.25) is 0 Å². The molecule has 5 heteroatoms. The van der Waals surface area contributed by atoms with Crippen LogP contribution in [-0.2, 0) is 0 Å². The van der Waals surface area contributed by atoms with E-state index in [4.69, 9.17) is 0 Å². The van der Waals surface area contributed by atoms with Crippen LogP contribution in [0.15, 0.2) is 15.9 Å². The maximum Gasteiger partial charge on any atom is 0.186 e. The Labute approximate surface area is 127 Å². The molecule has 0 spiro atoms. The first-order valence-electron chi connectivity index (χ1n) is 6.81. The van der Waals surface area contributed by atoms with E-state index in [1.807, 2.05) is 19.2 Å². The topological polar surface area (TPSA) is 23.6 Å². The van der Waals surface area contributed by atoms with E-state index in [2.05, 4.69) is 32.7 Å². The fourth-order valence-corrected chi connectivity index (χ4v) is 4.05. The maximum atomic E-state index is 12.1. The summed E-state index contributed by atoms with van der Waals surface area (Å²) < 4.78 is 1.02. The van der Waals surface area contributed by atoms with Crippen molar-refractivity contribution in [2.75, 3.05) is 33.2 Å². The molecule has 106 valence electrons.